The van der Waals surface area contributed by atoms with Crippen LogP contribution in [0.3, 0.4) is 0 Å². The van der Waals surface area contributed by atoms with Crippen LogP contribution in [0, 0.1) is 17.3 Å². The molecule has 4 atom stereocenters. The van der Waals surface area contributed by atoms with Gasteiger partial charge in [0.15, 0.2) is 0 Å². The number of carboxylic acids is 2. The summed E-state index contributed by atoms with van der Waals surface area (Å²) in [6.45, 7) is 5.22. The molecule has 2 rings (SSSR count). The number of nitrogens with two attached hydrogens (primary N) is 1. The van der Waals surface area contributed by atoms with Crippen molar-refractivity contribution < 1.29 is 19.8 Å². The fraction of sp³-hybridized carbons (Fsp3) is 0.444. The van der Waals surface area contributed by atoms with Gasteiger partial charge in [0.1, 0.15) is 0 Å². The second-order valence-corrected chi connectivity index (χ2v) is 6.13. The van der Waals surface area contributed by atoms with Crippen LogP contribution in [0.5, 0.6) is 0 Å². The van der Waals surface area contributed by atoms with Crippen molar-refractivity contribution >= 4 is 11.9 Å². The molecule has 23 heavy (non-hydrogen) atoms. The first kappa shape index (κ1) is 18.9. The van der Waals surface area contributed by atoms with Gasteiger partial charge in [0, 0.05) is 6.04 Å². The van der Waals surface area contributed by atoms with E-state index >= 15 is 0 Å². The molecule has 0 saturated carbocycles. The molecule has 0 aromatic heterocycles. The first-order valence-electron chi connectivity index (χ1n) is 7.64. The Labute approximate surface area is 136 Å². The maximum Gasteiger partial charge on any atom is 0.310 e. The summed E-state index contributed by atoms with van der Waals surface area (Å²) in [5, 5.41) is 18.0. The molecule has 0 aliphatic heterocycles. The summed E-state index contributed by atoms with van der Waals surface area (Å²) in [7, 11) is 0. The molecule has 0 heterocycles. The molecule has 1 aliphatic carbocycles. The molecule has 0 amide bonds. The zero-order valence-electron chi connectivity index (χ0n) is 13.8. The SMILES string of the molecule is CC1C=CCC(C(=O)O)C1(C)C(=O)O.C[C@@H](N)c1ccccc1. The van der Waals surface area contributed by atoms with Gasteiger partial charge in [-0.15, -0.1) is 0 Å². The second kappa shape index (κ2) is 7.92. The van der Waals surface area contributed by atoms with Crippen molar-refractivity contribution in [3.05, 3.63) is 48.0 Å². The number of hydrogen-bond donors (Lipinski definition) is 3. The highest BCUT2D eigenvalue weighted by Gasteiger charge is 2.49. The quantitative estimate of drug-likeness (QED) is 0.743. The van der Waals surface area contributed by atoms with Crippen LogP contribution >= 0.6 is 0 Å². The topological polar surface area (TPSA) is 101 Å². The van der Waals surface area contributed by atoms with Crippen LogP contribution in [-0.4, -0.2) is 22.2 Å². The zero-order chi connectivity index (χ0) is 17.6. The molecule has 0 radical (unpaired) electrons. The number of carboxylic acid groups (broad SMARTS) is 2. The molecule has 0 spiro atoms. The van der Waals surface area contributed by atoms with E-state index in [-0.39, 0.29) is 12.0 Å². The van der Waals surface area contributed by atoms with E-state index in [2.05, 4.69) is 0 Å². The summed E-state index contributed by atoms with van der Waals surface area (Å²) in [5.41, 5.74) is 5.61. The highest BCUT2D eigenvalue weighted by atomic mass is 16.4. The molecule has 1 aliphatic rings. The summed E-state index contributed by atoms with van der Waals surface area (Å²) < 4.78 is 0. The summed E-state index contributed by atoms with van der Waals surface area (Å²) in [6, 6.07) is 10.2. The van der Waals surface area contributed by atoms with Crippen molar-refractivity contribution in [1.82, 2.24) is 0 Å². The lowest BCUT2D eigenvalue weighted by Crippen LogP contribution is -2.45. The highest BCUT2D eigenvalue weighted by Crippen LogP contribution is 2.42. The van der Waals surface area contributed by atoms with Gasteiger partial charge >= 0.3 is 11.9 Å². The van der Waals surface area contributed by atoms with Crippen molar-refractivity contribution in [3.63, 3.8) is 0 Å². The van der Waals surface area contributed by atoms with E-state index in [9.17, 15) is 9.59 Å². The van der Waals surface area contributed by atoms with Crippen molar-refractivity contribution in [2.45, 2.75) is 33.2 Å². The van der Waals surface area contributed by atoms with Gasteiger partial charge in [-0.25, -0.2) is 0 Å². The van der Waals surface area contributed by atoms with E-state index in [1.807, 2.05) is 37.3 Å². The largest absolute Gasteiger partial charge is 0.481 e. The third-order valence-corrected chi connectivity index (χ3v) is 4.55. The summed E-state index contributed by atoms with van der Waals surface area (Å²) in [5.74, 6) is -3.16. The predicted molar refractivity (Wildman–Crippen MR) is 88.8 cm³/mol. The van der Waals surface area contributed by atoms with Crippen molar-refractivity contribution in [3.8, 4) is 0 Å². The van der Waals surface area contributed by atoms with Crippen LogP contribution in [0.1, 0.15) is 38.8 Å². The lowest BCUT2D eigenvalue weighted by Gasteiger charge is -2.37. The van der Waals surface area contributed by atoms with E-state index in [1.54, 1.807) is 19.1 Å². The lowest BCUT2D eigenvalue weighted by molar-refractivity contribution is -0.164. The van der Waals surface area contributed by atoms with Gasteiger partial charge in [0.05, 0.1) is 11.3 Å². The Morgan fingerprint density at radius 2 is 1.83 bits per heavy atom. The number of benzene rings is 1. The zero-order valence-corrected chi connectivity index (χ0v) is 13.8. The maximum atomic E-state index is 11.1. The molecule has 5 heteroatoms. The van der Waals surface area contributed by atoms with E-state index in [0.717, 1.165) is 0 Å². The van der Waals surface area contributed by atoms with Crippen LogP contribution in [0.2, 0.25) is 0 Å². The van der Waals surface area contributed by atoms with Crippen molar-refractivity contribution in [2.24, 2.45) is 23.0 Å². The predicted octanol–water partition coefficient (Wildman–Crippen LogP) is 3.08. The fourth-order valence-corrected chi connectivity index (χ4v) is 2.64. The average Bonchev–Trinajstić information content (AvgIpc) is 2.51. The molecule has 126 valence electrons. The summed E-state index contributed by atoms with van der Waals surface area (Å²) in [6.07, 6.45) is 3.81. The second-order valence-electron chi connectivity index (χ2n) is 6.13. The maximum absolute atomic E-state index is 11.1. The average molecular weight is 319 g/mol. The number of aliphatic carboxylic acids is 2. The molecule has 0 bridgehead atoms. The Morgan fingerprint density at radius 1 is 1.26 bits per heavy atom. The Kier molecular flexibility index (Phi) is 6.51. The van der Waals surface area contributed by atoms with Crippen molar-refractivity contribution in [1.29, 1.82) is 0 Å². The number of carbonyl (C=O) groups is 2. The van der Waals surface area contributed by atoms with Crippen LogP contribution in [-0.2, 0) is 9.59 Å². The van der Waals surface area contributed by atoms with Gasteiger partial charge in [-0.05, 0) is 31.7 Å². The molecule has 5 nitrogen and oxygen atoms in total. The molecule has 1 aromatic rings. The van der Waals surface area contributed by atoms with E-state index < -0.39 is 23.3 Å². The molecular weight excluding hydrogens is 294 g/mol. The Bertz CT molecular complexity index is 568. The molecule has 3 unspecified atom stereocenters. The van der Waals surface area contributed by atoms with Crippen molar-refractivity contribution in [2.75, 3.05) is 0 Å². The molecule has 0 fully saturated rings. The molecule has 0 saturated heterocycles. The van der Waals surface area contributed by atoms with E-state index in [0.29, 0.717) is 6.42 Å². The monoisotopic (exact) mass is 319 g/mol. The fourth-order valence-electron chi connectivity index (χ4n) is 2.64. The van der Waals surface area contributed by atoms with Crippen LogP contribution in [0.4, 0.5) is 0 Å². The molecular formula is C18H25NO4. The van der Waals surface area contributed by atoms with Gasteiger partial charge in [-0.3, -0.25) is 9.59 Å². The minimum atomic E-state index is -1.19. The number of allylic oxidation sites excluding steroid dienone is 2. The van der Waals surface area contributed by atoms with Gasteiger partial charge in [-0.2, -0.15) is 0 Å². The Morgan fingerprint density at radius 3 is 2.17 bits per heavy atom. The Balaban J connectivity index is 0.000000253. The van der Waals surface area contributed by atoms with Crippen LogP contribution in [0.25, 0.3) is 0 Å². The lowest BCUT2D eigenvalue weighted by atomic mass is 9.64. The van der Waals surface area contributed by atoms with Gasteiger partial charge in [0.2, 0.25) is 0 Å². The first-order valence-corrected chi connectivity index (χ1v) is 7.64. The Hall–Kier alpha value is -2.14. The minimum Gasteiger partial charge on any atom is -0.481 e. The normalized spacial score (nSPS) is 27.5. The standard InChI is InChI=1S/C10H14O4.C8H11N/c1-6-4-3-5-7(8(11)12)10(6,2)9(13)14;1-7(9)8-5-3-2-4-6-8/h3-4,6-7H,5H2,1-2H3,(H,11,12)(H,13,14);2-7H,9H2,1H3/t;7-/m.1/s1. The van der Waals surface area contributed by atoms with Gasteiger partial charge in [0.25, 0.3) is 0 Å². The third kappa shape index (κ3) is 4.42. The summed E-state index contributed by atoms with van der Waals surface area (Å²) in [4.78, 5) is 22.0. The van der Waals surface area contributed by atoms with Gasteiger partial charge < -0.3 is 15.9 Å². The highest BCUT2D eigenvalue weighted by molar-refractivity contribution is 5.84. The van der Waals surface area contributed by atoms with Gasteiger partial charge in [-0.1, -0.05) is 49.4 Å². The minimum absolute atomic E-state index is 0.159. The van der Waals surface area contributed by atoms with E-state index in [1.165, 1.54) is 12.5 Å². The summed E-state index contributed by atoms with van der Waals surface area (Å²) >= 11 is 0. The van der Waals surface area contributed by atoms with E-state index in [4.69, 9.17) is 15.9 Å². The molecule has 1 aromatic carbocycles. The third-order valence-electron chi connectivity index (χ3n) is 4.55. The number of hydrogen-bond acceptors (Lipinski definition) is 3. The molecule has 4 N–H and O–H groups in total. The smallest absolute Gasteiger partial charge is 0.310 e. The number of rotatable bonds is 3. The van der Waals surface area contributed by atoms with Crippen LogP contribution in [0.15, 0.2) is 42.5 Å². The van der Waals surface area contributed by atoms with Crippen LogP contribution < -0.4 is 5.73 Å². The first-order chi connectivity index (χ1) is 10.7.